The fourth-order valence-electron chi connectivity index (χ4n) is 2.12. The number of nitrogens with one attached hydrogen (secondary N) is 1. The van der Waals surface area contributed by atoms with Gasteiger partial charge in [0.1, 0.15) is 0 Å². The van der Waals surface area contributed by atoms with E-state index in [0.717, 1.165) is 0 Å². The van der Waals surface area contributed by atoms with Crippen molar-refractivity contribution in [1.82, 2.24) is 10.2 Å². The lowest BCUT2D eigenvalue weighted by atomic mass is 9.94. The molecule has 0 spiro atoms. The maximum Gasteiger partial charge on any atom is 0.391 e. The highest BCUT2D eigenvalue weighted by atomic mass is 19.4. The van der Waals surface area contributed by atoms with E-state index in [4.69, 9.17) is 0 Å². The fraction of sp³-hybridized carbons (Fsp3) is 1.00. The Bertz CT molecular complexity index is 233. The minimum absolute atomic E-state index is 0.0251. The first-order valence-corrected chi connectivity index (χ1v) is 5.89. The summed E-state index contributed by atoms with van der Waals surface area (Å²) in [6, 6.07) is 0. The van der Waals surface area contributed by atoms with Gasteiger partial charge in [-0.3, -0.25) is 0 Å². The zero-order chi connectivity index (χ0) is 13.1. The molecule has 0 amide bonds. The molecule has 0 aromatic carbocycles. The second kappa shape index (κ2) is 5.54. The Kier molecular flexibility index (Phi) is 4.80. The van der Waals surface area contributed by atoms with Crippen molar-refractivity contribution < 1.29 is 18.3 Å². The van der Waals surface area contributed by atoms with Crippen LogP contribution in [-0.4, -0.2) is 55.0 Å². The van der Waals surface area contributed by atoms with Gasteiger partial charge in [0.15, 0.2) is 0 Å². The van der Waals surface area contributed by atoms with Crippen molar-refractivity contribution in [3.63, 3.8) is 0 Å². The molecule has 1 rings (SSSR count). The summed E-state index contributed by atoms with van der Waals surface area (Å²) in [4.78, 5) is 1.98. The average Bonchev–Trinajstić information content (AvgIpc) is 2.28. The molecule has 3 nitrogen and oxygen atoms in total. The molecule has 0 aromatic heterocycles. The number of alkyl halides is 3. The van der Waals surface area contributed by atoms with Crippen LogP contribution >= 0.6 is 0 Å². The number of aliphatic hydroxyl groups excluding tert-OH is 1. The Labute approximate surface area is 100.0 Å². The third-order valence-electron chi connectivity index (χ3n) is 3.58. The minimum Gasteiger partial charge on any atom is -0.394 e. The Morgan fingerprint density at radius 1 is 1.29 bits per heavy atom. The van der Waals surface area contributed by atoms with E-state index in [1.807, 2.05) is 11.8 Å². The van der Waals surface area contributed by atoms with Gasteiger partial charge in [0.05, 0.1) is 18.1 Å². The van der Waals surface area contributed by atoms with E-state index < -0.39 is 17.6 Å². The first-order chi connectivity index (χ1) is 7.80. The molecule has 1 heterocycles. The fourth-order valence-corrected chi connectivity index (χ4v) is 2.12. The van der Waals surface area contributed by atoms with Crippen molar-refractivity contribution in [2.75, 3.05) is 33.3 Å². The molecule has 2 N–H and O–H groups in total. The van der Waals surface area contributed by atoms with Crippen LogP contribution in [0.1, 0.15) is 19.8 Å². The summed E-state index contributed by atoms with van der Waals surface area (Å²) >= 11 is 0. The summed E-state index contributed by atoms with van der Waals surface area (Å²) in [5, 5.41) is 12.2. The van der Waals surface area contributed by atoms with Gasteiger partial charge in [-0.25, -0.2) is 0 Å². The van der Waals surface area contributed by atoms with Crippen LogP contribution in [0.3, 0.4) is 0 Å². The zero-order valence-electron chi connectivity index (χ0n) is 10.3. The van der Waals surface area contributed by atoms with E-state index >= 15 is 0 Å². The average molecular weight is 254 g/mol. The van der Waals surface area contributed by atoms with Crippen LogP contribution in [0.25, 0.3) is 0 Å². The van der Waals surface area contributed by atoms with Gasteiger partial charge in [0, 0.05) is 6.54 Å². The summed E-state index contributed by atoms with van der Waals surface area (Å²) in [5.74, 6) is -1.16. The van der Waals surface area contributed by atoms with E-state index in [-0.39, 0.29) is 19.4 Å². The smallest absolute Gasteiger partial charge is 0.391 e. The second-order valence-corrected chi connectivity index (χ2v) is 5.06. The molecule has 1 saturated heterocycles. The van der Waals surface area contributed by atoms with Crippen molar-refractivity contribution in [1.29, 1.82) is 0 Å². The third kappa shape index (κ3) is 4.12. The largest absolute Gasteiger partial charge is 0.394 e. The van der Waals surface area contributed by atoms with E-state index in [2.05, 4.69) is 5.32 Å². The van der Waals surface area contributed by atoms with Crippen LogP contribution in [0.2, 0.25) is 0 Å². The minimum atomic E-state index is -4.06. The quantitative estimate of drug-likeness (QED) is 0.792. The molecule has 1 fully saturated rings. The normalized spacial score (nSPS) is 23.6. The van der Waals surface area contributed by atoms with Gasteiger partial charge >= 0.3 is 6.18 Å². The second-order valence-electron chi connectivity index (χ2n) is 5.06. The van der Waals surface area contributed by atoms with Crippen LogP contribution in [0.15, 0.2) is 0 Å². The number of halogens is 3. The highest BCUT2D eigenvalue weighted by Crippen LogP contribution is 2.34. The first kappa shape index (κ1) is 14.7. The lowest BCUT2D eigenvalue weighted by Gasteiger charge is -2.38. The van der Waals surface area contributed by atoms with Gasteiger partial charge < -0.3 is 15.3 Å². The molecule has 1 unspecified atom stereocenters. The number of hydrogen-bond donors (Lipinski definition) is 2. The Morgan fingerprint density at radius 3 is 2.18 bits per heavy atom. The molecule has 102 valence electrons. The summed E-state index contributed by atoms with van der Waals surface area (Å²) in [7, 11) is 1.75. The SMILES string of the molecule is CNC(C)(CO)CN1CCC(C(F)(F)F)CC1. The number of likely N-dealkylation sites (N-methyl/N-ethyl adjacent to an activating group) is 1. The number of nitrogens with zero attached hydrogens (tertiary/aromatic N) is 1. The van der Waals surface area contributed by atoms with Crippen molar-refractivity contribution >= 4 is 0 Å². The molecule has 6 heteroatoms. The molecule has 0 aliphatic carbocycles. The summed E-state index contributed by atoms with van der Waals surface area (Å²) in [5.41, 5.74) is -0.439. The number of hydrogen-bond acceptors (Lipinski definition) is 3. The molecule has 1 aliphatic rings. The number of piperidine rings is 1. The molecule has 0 aromatic rings. The van der Waals surface area contributed by atoms with E-state index in [1.165, 1.54) is 0 Å². The molecular weight excluding hydrogens is 233 g/mol. The van der Waals surface area contributed by atoms with Crippen LogP contribution in [-0.2, 0) is 0 Å². The number of rotatable bonds is 4. The highest BCUT2D eigenvalue weighted by Gasteiger charge is 2.41. The third-order valence-corrected chi connectivity index (χ3v) is 3.58. The van der Waals surface area contributed by atoms with Gasteiger partial charge in [0.25, 0.3) is 0 Å². The zero-order valence-corrected chi connectivity index (χ0v) is 10.3. The van der Waals surface area contributed by atoms with E-state index in [0.29, 0.717) is 19.6 Å². The highest BCUT2D eigenvalue weighted by molar-refractivity contribution is 4.87. The molecule has 0 saturated carbocycles. The monoisotopic (exact) mass is 254 g/mol. The van der Waals surface area contributed by atoms with Crippen molar-refractivity contribution in [2.24, 2.45) is 5.92 Å². The van der Waals surface area contributed by atoms with Crippen LogP contribution < -0.4 is 5.32 Å². The topological polar surface area (TPSA) is 35.5 Å². The standard InChI is InChI=1S/C11H21F3N2O/c1-10(8-17,15-2)7-16-5-3-9(4-6-16)11(12,13)14/h9,15,17H,3-8H2,1-2H3. The molecule has 1 atom stereocenters. The van der Waals surface area contributed by atoms with Crippen molar-refractivity contribution in [3.05, 3.63) is 0 Å². The molecule has 1 aliphatic heterocycles. The van der Waals surface area contributed by atoms with Crippen LogP contribution in [0.4, 0.5) is 13.2 Å². The van der Waals surface area contributed by atoms with Crippen LogP contribution in [0, 0.1) is 5.92 Å². The molecular formula is C11H21F3N2O. The van der Waals surface area contributed by atoms with Crippen molar-refractivity contribution in [3.8, 4) is 0 Å². The summed E-state index contributed by atoms with van der Waals surface area (Å²) in [6.07, 6.45) is -3.74. The van der Waals surface area contributed by atoms with E-state index in [9.17, 15) is 18.3 Å². The van der Waals surface area contributed by atoms with Crippen molar-refractivity contribution in [2.45, 2.75) is 31.5 Å². The Hall–Kier alpha value is -0.330. The van der Waals surface area contributed by atoms with Gasteiger partial charge in [-0.1, -0.05) is 0 Å². The Balaban J connectivity index is 2.42. The predicted octanol–water partition coefficient (Wildman–Crippen LogP) is 1.23. The van der Waals surface area contributed by atoms with Gasteiger partial charge in [-0.2, -0.15) is 13.2 Å². The molecule has 0 bridgehead atoms. The molecule has 0 radical (unpaired) electrons. The summed E-state index contributed by atoms with van der Waals surface area (Å²) < 4.78 is 37.4. The number of aliphatic hydroxyl groups is 1. The lowest BCUT2D eigenvalue weighted by molar-refractivity contribution is -0.185. The van der Waals surface area contributed by atoms with Gasteiger partial charge in [-0.05, 0) is 39.9 Å². The maximum atomic E-state index is 12.5. The number of likely N-dealkylation sites (tertiary alicyclic amines) is 1. The molecule has 17 heavy (non-hydrogen) atoms. The van der Waals surface area contributed by atoms with Gasteiger partial charge in [-0.15, -0.1) is 0 Å². The Morgan fingerprint density at radius 2 is 1.82 bits per heavy atom. The lowest BCUT2D eigenvalue weighted by Crippen LogP contribution is -2.54. The first-order valence-electron chi connectivity index (χ1n) is 5.89. The van der Waals surface area contributed by atoms with Gasteiger partial charge in [0.2, 0.25) is 0 Å². The maximum absolute atomic E-state index is 12.5. The predicted molar refractivity (Wildman–Crippen MR) is 59.8 cm³/mol. The van der Waals surface area contributed by atoms with Crippen LogP contribution in [0.5, 0.6) is 0 Å². The van der Waals surface area contributed by atoms with E-state index in [1.54, 1.807) is 7.05 Å². The summed E-state index contributed by atoms with van der Waals surface area (Å²) in [6.45, 7) is 3.30.